The van der Waals surface area contributed by atoms with Crippen LogP contribution in [-0.4, -0.2) is 38.4 Å². The molecule has 2 aliphatic rings. The van der Waals surface area contributed by atoms with Gasteiger partial charge in [-0.15, -0.1) is 0 Å². The Hall–Kier alpha value is -0.610. The second kappa shape index (κ2) is 6.02. The molecule has 1 N–H and O–H groups in total. The van der Waals surface area contributed by atoms with Crippen molar-refractivity contribution in [3.63, 3.8) is 0 Å². The fraction of sp³-hybridized carbons (Fsp3) is 0.929. The molecule has 0 radical (unpaired) electrons. The predicted octanol–water partition coefficient (Wildman–Crippen LogP) is 1.73. The zero-order chi connectivity index (χ0) is 13.0. The van der Waals surface area contributed by atoms with Gasteiger partial charge in [0.05, 0.1) is 18.6 Å². The Bertz CT molecular complexity index is 279. The van der Waals surface area contributed by atoms with Crippen LogP contribution in [0.15, 0.2) is 0 Å². The molecular formula is C14H25NO3. The van der Waals surface area contributed by atoms with Gasteiger partial charge in [-0.3, -0.25) is 4.79 Å². The van der Waals surface area contributed by atoms with Crippen molar-refractivity contribution in [3.8, 4) is 0 Å². The standard InChI is InChI=1S/C14H25NO3/c1-14(2,11-4-3-7-15-10-11)13(16)18-12-5-8-17-9-6-12/h11-12,15H,3-10H2,1-2H3. The van der Waals surface area contributed by atoms with Crippen LogP contribution in [0.4, 0.5) is 0 Å². The highest BCUT2D eigenvalue weighted by Crippen LogP contribution is 2.33. The Labute approximate surface area is 109 Å². The maximum absolute atomic E-state index is 12.3. The number of nitrogens with one attached hydrogen (secondary N) is 1. The first-order valence-electron chi connectivity index (χ1n) is 7.10. The highest BCUT2D eigenvalue weighted by atomic mass is 16.6. The Balaban J connectivity index is 1.88. The number of ether oxygens (including phenoxy) is 2. The molecule has 2 heterocycles. The van der Waals surface area contributed by atoms with Crippen LogP contribution in [0.5, 0.6) is 0 Å². The van der Waals surface area contributed by atoms with E-state index >= 15 is 0 Å². The molecule has 1 unspecified atom stereocenters. The molecule has 2 fully saturated rings. The number of carbonyl (C=O) groups excluding carboxylic acids is 1. The van der Waals surface area contributed by atoms with Gasteiger partial charge >= 0.3 is 5.97 Å². The van der Waals surface area contributed by atoms with Crippen molar-refractivity contribution in [2.45, 2.75) is 45.6 Å². The lowest BCUT2D eigenvalue weighted by molar-refractivity contribution is -0.167. The van der Waals surface area contributed by atoms with Crippen LogP contribution in [0.25, 0.3) is 0 Å². The average molecular weight is 255 g/mol. The SMILES string of the molecule is CC(C)(C(=O)OC1CCOCC1)C1CCCNC1. The van der Waals surface area contributed by atoms with E-state index in [4.69, 9.17) is 9.47 Å². The number of carbonyl (C=O) groups is 1. The van der Waals surface area contributed by atoms with E-state index in [-0.39, 0.29) is 17.5 Å². The predicted molar refractivity (Wildman–Crippen MR) is 69.3 cm³/mol. The summed E-state index contributed by atoms with van der Waals surface area (Å²) in [6.45, 7) is 7.46. The zero-order valence-corrected chi connectivity index (χ0v) is 11.5. The third-order valence-corrected chi connectivity index (χ3v) is 4.29. The maximum atomic E-state index is 12.3. The van der Waals surface area contributed by atoms with E-state index in [9.17, 15) is 4.79 Å². The maximum Gasteiger partial charge on any atom is 0.312 e. The van der Waals surface area contributed by atoms with E-state index in [1.54, 1.807) is 0 Å². The molecule has 0 saturated carbocycles. The minimum absolute atomic E-state index is 0.0388. The molecular weight excluding hydrogens is 230 g/mol. The molecule has 0 aliphatic carbocycles. The number of hydrogen-bond acceptors (Lipinski definition) is 4. The molecule has 4 heteroatoms. The number of hydrogen-bond donors (Lipinski definition) is 1. The third kappa shape index (κ3) is 3.23. The molecule has 0 spiro atoms. The monoisotopic (exact) mass is 255 g/mol. The van der Waals surface area contributed by atoms with E-state index in [2.05, 4.69) is 5.32 Å². The molecule has 0 bridgehead atoms. The van der Waals surface area contributed by atoms with Crippen LogP contribution < -0.4 is 5.32 Å². The lowest BCUT2D eigenvalue weighted by Crippen LogP contribution is -2.44. The van der Waals surface area contributed by atoms with Gasteiger partial charge in [-0.25, -0.2) is 0 Å². The van der Waals surface area contributed by atoms with Crippen molar-refractivity contribution in [1.82, 2.24) is 5.32 Å². The minimum Gasteiger partial charge on any atom is -0.462 e. The van der Waals surface area contributed by atoms with E-state index in [0.29, 0.717) is 19.1 Å². The lowest BCUT2D eigenvalue weighted by atomic mass is 9.75. The van der Waals surface area contributed by atoms with Crippen LogP contribution >= 0.6 is 0 Å². The van der Waals surface area contributed by atoms with Gasteiger partial charge in [0.25, 0.3) is 0 Å². The van der Waals surface area contributed by atoms with Gasteiger partial charge < -0.3 is 14.8 Å². The van der Waals surface area contributed by atoms with Gasteiger partial charge in [0, 0.05) is 12.8 Å². The molecule has 104 valence electrons. The van der Waals surface area contributed by atoms with Crippen LogP contribution in [0.3, 0.4) is 0 Å². The minimum atomic E-state index is -0.383. The van der Waals surface area contributed by atoms with Crippen LogP contribution in [0.1, 0.15) is 39.5 Å². The summed E-state index contributed by atoms with van der Waals surface area (Å²) in [7, 11) is 0. The fourth-order valence-corrected chi connectivity index (χ4v) is 2.73. The normalized spacial score (nSPS) is 26.9. The van der Waals surface area contributed by atoms with Crippen molar-refractivity contribution in [2.75, 3.05) is 26.3 Å². The first-order chi connectivity index (χ1) is 8.60. The van der Waals surface area contributed by atoms with Gasteiger partial charge in [-0.1, -0.05) is 0 Å². The summed E-state index contributed by atoms with van der Waals surface area (Å²) in [6, 6.07) is 0. The number of piperidine rings is 1. The summed E-state index contributed by atoms with van der Waals surface area (Å²) in [5, 5.41) is 3.37. The summed E-state index contributed by atoms with van der Waals surface area (Å²) in [4.78, 5) is 12.3. The van der Waals surface area contributed by atoms with Gasteiger partial charge in [0.15, 0.2) is 0 Å². The van der Waals surface area contributed by atoms with Crippen molar-refractivity contribution >= 4 is 5.97 Å². The van der Waals surface area contributed by atoms with Gasteiger partial charge in [0.2, 0.25) is 0 Å². The molecule has 18 heavy (non-hydrogen) atoms. The fourth-order valence-electron chi connectivity index (χ4n) is 2.73. The molecule has 2 saturated heterocycles. The smallest absolute Gasteiger partial charge is 0.312 e. The highest BCUT2D eigenvalue weighted by Gasteiger charge is 2.39. The average Bonchev–Trinajstić information content (AvgIpc) is 2.41. The summed E-state index contributed by atoms with van der Waals surface area (Å²) in [5.41, 5.74) is -0.383. The van der Waals surface area contributed by atoms with Crippen LogP contribution in [-0.2, 0) is 14.3 Å². The summed E-state index contributed by atoms with van der Waals surface area (Å²) < 4.78 is 10.9. The Morgan fingerprint density at radius 1 is 1.28 bits per heavy atom. The lowest BCUT2D eigenvalue weighted by Gasteiger charge is -2.36. The third-order valence-electron chi connectivity index (χ3n) is 4.29. The first-order valence-corrected chi connectivity index (χ1v) is 7.10. The molecule has 0 amide bonds. The largest absolute Gasteiger partial charge is 0.462 e. The molecule has 2 aliphatic heterocycles. The molecule has 1 atom stereocenters. The second-order valence-electron chi connectivity index (χ2n) is 5.98. The molecule has 2 rings (SSSR count). The Morgan fingerprint density at radius 3 is 2.61 bits per heavy atom. The topological polar surface area (TPSA) is 47.6 Å². The summed E-state index contributed by atoms with van der Waals surface area (Å²) in [5.74, 6) is 0.349. The highest BCUT2D eigenvalue weighted by molar-refractivity contribution is 5.76. The quantitative estimate of drug-likeness (QED) is 0.780. The Kier molecular flexibility index (Phi) is 4.62. The molecule has 0 aromatic heterocycles. The van der Waals surface area contributed by atoms with Crippen molar-refractivity contribution in [1.29, 1.82) is 0 Å². The Morgan fingerprint density at radius 2 is 2.00 bits per heavy atom. The molecule has 4 nitrogen and oxygen atoms in total. The van der Waals surface area contributed by atoms with Crippen molar-refractivity contribution in [2.24, 2.45) is 11.3 Å². The molecule has 0 aromatic rings. The van der Waals surface area contributed by atoms with E-state index in [1.807, 2.05) is 13.8 Å². The van der Waals surface area contributed by atoms with E-state index in [1.165, 1.54) is 0 Å². The van der Waals surface area contributed by atoms with Crippen molar-refractivity contribution in [3.05, 3.63) is 0 Å². The van der Waals surface area contributed by atoms with Crippen molar-refractivity contribution < 1.29 is 14.3 Å². The van der Waals surface area contributed by atoms with Crippen LogP contribution in [0, 0.1) is 11.3 Å². The van der Waals surface area contributed by atoms with Gasteiger partial charge in [-0.2, -0.15) is 0 Å². The zero-order valence-electron chi connectivity index (χ0n) is 11.5. The number of rotatable bonds is 3. The number of esters is 1. The van der Waals surface area contributed by atoms with E-state index in [0.717, 1.165) is 38.8 Å². The van der Waals surface area contributed by atoms with Gasteiger partial charge in [0.1, 0.15) is 6.10 Å². The van der Waals surface area contributed by atoms with E-state index < -0.39 is 0 Å². The van der Waals surface area contributed by atoms with Gasteiger partial charge in [-0.05, 0) is 45.7 Å². The van der Waals surface area contributed by atoms with Crippen LogP contribution in [0.2, 0.25) is 0 Å². The first kappa shape index (κ1) is 13.8. The molecule has 0 aromatic carbocycles. The second-order valence-corrected chi connectivity index (χ2v) is 5.98. The summed E-state index contributed by atoms with van der Waals surface area (Å²) in [6.07, 6.45) is 4.00. The summed E-state index contributed by atoms with van der Waals surface area (Å²) >= 11 is 0.